The van der Waals surface area contributed by atoms with Crippen molar-refractivity contribution >= 4 is 28.6 Å². The zero-order valence-electron chi connectivity index (χ0n) is 16.8. The Balaban J connectivity index is 2.06. The van der Waals surface area contributed by atoms with E-state index < -0.39 is 0 Å². The molecule has 7 heteroatoms. The van der Waals surface area contributed by atoms with Crippen molar-refractivity contribution in [3.8, 4) is 5.69 Å². The van der Waals surface area contributed by atoms with Crippen molar-refractivity contribution in [3.63, 3.8) is 0 Å². The highest BCUT2D eigenvalue weighted by molar-refractivity contribution is 7.99. The number of methoxy groups -OCH3 is 1. The van der Waals surface area contributed by atoms with Crippen molar-refractivity contribution in [2.45, 2.75) is 24.9 Å². The number of amides is 1. The van der Waals surface area contributed by atoms with Crippen LogP contribution in [0.25, 0.3) is 16.6 Å². The lowest BCUT2D eigenvalue weighted by atomic mass is 10.0. The van der Waals surface area contributed by atoms with Crippen LogP contribution >= 0.6 is 11.8 Å². The summed E-state index contributed by atoms with van der Waals surface area (Å²) >= 11 is 1.26. The lowest BCUT2D eigenvalue weighted by Crippen LogP contribution is -2.29. The van der Waals surface area contributed by atoms with Crippen LogP contribution in [0.5, 0.6) is 0 Å². The number of fused-ring (bicyclic) bond motifs is 1. The molecule has 29 heavy (non-hydrogen) atoms. The minimum Gasteiger partial charge on any atom is -0.383 e. The number of aromatic nitrogens is 2. The van der Waals surface area contributed by atoms with Crippen molar-refractivity contribution in [2.24, 2.45) is 0 Å². The number of carbonyl (C=O) groups is 1. The van der Waals surface area contributed by atoms with Gasteiger partial charge in [-0.25, -0.2) is 4.98 Å². The Labute approximate surface area is 174 Å². The topological polar surface area (TPSA) is 73.2 Å². The van der Waals surface area contributed by atoms with Crippen LogP contribution < -0.4 is 10.9 Å². The zero-order chi connectivity index (χ0) is 20.8. The smallest absolute Gasteiger partial charge is 0.266 e. The predicted octanol–water partition coefficient (Wildman–Crippen LogP) is 3.36. The fourth-order valence-electron chi connectivity index (χ4n) is 3.07. The number of ether oxygens (including phenoxy) is 1. The van der Waals surface area contributed by atoms with Gasteiger partial charge in [0.05, 0.1) is 29.0 Å². The molecule has 0 aliphatic carbocycles. The number of hydrogen-bond donors (Lipinski definition) is 1. The van der Waals surface area contributed by atoms with Crippen molar-refractivity contribution in [1.82, 2.24) is 14.9 Å². The molecule has 1 aromatic heterocycles. The fourth-order valence-corrected chi connectivity index (χ4v) is 3.91. The van der Waals surface area contributed by atoms with Crippen LogP contribution in [0.2, 0.25) is 0 Å². The third-order valence-corrected chi connectivity index (χ3v) is 5.44. The van der Waals surface area contributed by atoms with E-state index in [4.69, 9.17) is 9.72 Å². The molecule has 3 rings (SSSR count). The maximum atomic E-state index is 13.4. The van der Waals surface area contributed by atoms with Crippen LogP contribution in [0.3, 0.4) is 0 Å². The number of benzene rings is 2. The second-order valence-electron chi connectivity index (χ2n) is 6.90. The summed E-state index contributed by atoms with van der Waals surface area (Å²) in [4.78, 5) is 30.2. The molecule has 0 aliphatic rings. The maximum Gasteiger partial charge on any atom is 0.266 e. The van der Waals surface area contributed by atoms with Gasteiger partial charge in [0.2, 0.25) is 5.91 Å². The molecule has 1 N–H and O–H groups in total. The average Bonchev–Trinajstić information content (AvgIpc) is 2.72. The second-order valence-corrected chi connectivity index (χ2v) is 7.84. The normalized spacial score (nSPS) is 11.2. The van der Waals surface area contributed by atoms with E-state index in [1.807, 2.05) is 42.5 Å². The Morgan fingerprint density at radius 3 is 2.66 bits per heavy atom. The molecule has 0 aliphatic heterocycles. The number of hydrogen-bond acceptors (Lipinski definition) is 5. The standard InChI is InChI=1S/C22H25N3O3S/c1-15(2)16-8-5-7-11-19(16)25-21(27)17-9-4-6-10-18(17)24-22(25)29-14-20(26)23-12-13-28-3/h4-11,15H,12-14H2,1-3H3,(H,23,26). The SMILES string of the molecule is COCCNC(=O)CSc1nc2ccccc2c(=O)n1-c1ccccc1C(C)C. The Morgan fingerprint density at radius 2 is 1.90 bits per heavy atom. The molecule has 1 heterocycles. The van der Waals surface area contributed by atoms with E-state index in [9.17, 15) is 9.59 Å². The number of carbonyl (C=O) groups excluding carboxylic acids is 1. The fraction of sp³-hybridized carbons (Fsp3) is 0.318. The molecule has 0 bridgehead atoms. The largest absolute Gasteiger partial charge is 0.383 e. The maximum absolute atomic E-state index is 13.4. The number of para-hydroxylation sites is 2. The van der Waals surface area contributed by atoms with Crippen LogP contribution in [-0.4, -0.2) is 41.5 Å². The summed E-state index contributed by atoms with van der Waals surface area (Å²) in [7, 11) is 1.59. The molecule has 1 amide bonds. The monoisotopic (exact) mass is 411 g/mol. The molecule has 0 radical (unpaired) electrons. The van der Waals surface area contributed by atoms with Gasteiger partial charge in [-0.2, -0.15) is 0 Å². The molecular formula is C22H25N3O3S. The van der Waals surface area contributed by atoms with Gasteiger partial charge in [-0.15, -0.1) is 0 Å². The summed E-state index contributed by atoms with van der Waals surface area (Å²) in [6.07, 6.45) is 0. The number of rotatable bonds is 8. The summed E-state index contributed by atoms with van der Waals surface area (Å²) in [5.74, 6) is 0.274. The summed E-state index contributed by atoms with van der Waals surface area (Å²) in [5.41, 5.74) is 2.34. The van der Waals surface area contributed by atoms with Gasteiger partial charge in [-0.1, -0.05) is 55.9 Å². The van der Waals surface area contributed by atoms with E-state index in [1.165, 1.54) is 11.8 Å². The molecule has 3 aromatic rings. The van der Waals surface area contributed by atoms with Gasteiger partial charge in [0, 0.05) is 13.7 Å². The van der Waals surface area contributed by atoms with E-state index in [0.717, 1.165) is 11.3 Å². The van der Waals surface area contributed by atoms with Crippen LogP contribution in [-0.2, 0) is 9.53 Å². The molecule has 0 atom stereocenters. The molecule has 2 aromatic carbocycles. The van der Waals surface area contributed by atoms with Gasteiger partial charge in [0.1, 0.15) is 0 Å². The minimum atomic E-state index is -0.133. The first-order chi connectivity index (χ1) is 14.0. The van der Waals surface area contributed by atoms with E-state index in [-0.39, 0.29) is 23.1 Å². The molecular weight excluding hydrogens is 386 g/mol. The number of nitrogens with one attached hydrogen (secondary N) is 1. The van der Waals surface area contributed by atoms with Gasteiger partial charge >= 0.3 is 0 Å². The Bertz CT molecular complexity index is 1060. The highest BCUT2D eigenvalue weighted by atomic mass is 32.2. The van der Waals surface area contributed by atoms with Crippen molar-refractivity contribution in [1.29, 1.82) is 0 Å². The van der Waals surface area contributed by atoms with Crippen LogP contribution in [0, 0.1) is 0 Å². The lowest BCUT2D eigenvalue weighted by molar-refractivity contribution is -0.118. The third-order valence-electron chi connectivity index (χ3n) is 4.51. The van der Waals surface area contributed by atoms with Crippen LogP contribution in [0.1, 0.15) is 25.3 Å². The van der Waals surface area contributed by atoms with Gasteiger partial charge in [0.15, 0.2) is 5.16 Å². The summed E-state index contributed by atoms with van der Waals surface area (Å²) in [5, 5.41) is 3.85. The first-order valence-corrected chi connectivity index (χ1v) is 10.5. The third kappa shape index (κ3) is 4.86. The Morgan fingerprint density at radius 1 is 1.17 bits per heavy atom. The Hall–Kier alpha value is -2.64. The highest BCUT2D eigenvalue weighted by Crippen LogP contribution is 2.26. The van der Waals surface area contributed by atoms with Crippen LogP contribution in [0.4, 0.5) is 0 Å². The van der Waals surface area contributed by atoms with Crippen LogP contribution in [0.15, 0.2) is 58.5 Å². The molecule has 0 spiro atoms. The van der Waals surface area contributed by atoms with Gasteiger partial charge in [-0.3, -0.25) is 14.2 Å². The molecule has 0 fully saturated rings. The van der Waals surface area contributed by atoms with Crippen molar-refractivity contribution < 1.29 is 9.53 Å². The van der Waals surface area contributed by atoms with E-state index in [1.54, 1.807) is 17.7 Å². The molecule has 0 saturated carbocycles. The number of thioether (sulfide) groups is 1. The quantitative estimate of drug-likeness (QED) is 0.350. The lowest BCUT2D eigenvalue weighted by Gasteiger charge is -2.18. The first kappa shape index (κ1) is 21.1. The van der Waals surface area contributed by atoms with E-state index in [2.05, 4.69) is 19.2 Å². The zero-order valence-corrected chi connectivity index (χ0v) is 17.7. The van der Waals surface area contributed by atoms with Gasteiger partial charge < -0.3 is 10.1 Å². The van der Waals surface area contributed by atoms with Gasteiger partial charge in [0.25, 0.3) is 5.56 Å². The van der Waals surface area contributed by atoms with E-state index in [0.29, 0.717) is 29.2 Å². The predicted molar refractivity (Wildman–Crippen MR) is 117 cm³/mol. The average molecular weight is 412 g/mol. The number of nitrogens with zero attached hydrogens (tertiary/aromatic N) is 2. The molecule has 6 nitrogen and oxygen atoms in total. The summed E-state index contributed by atoms with van der Waals surface area (Å²) in [6.45, 7) is 5.09. The highest BCUT2D eigenvalue weighted by Gasteiger charge is 2.17. The van der Waals surface area contributed by atoms with Gasteiger partial charge in [-0.05, 0) is 29.7 Å². The van der Waals surface area contributed by atoms with E-state index >= 15 is 0 Å². The summed E-state index contributed by atoms with van der Waals surface area (Å²) < 4.78 is 6.58. The minimum absolute atomic E-state index is 0.127. The second kappa shape index (κ2) is 9.71. The first-order valence-electron chi connectivity index (χ1n) is 9.52. The molecule has 152 valence electrons. The van der Waals surface area contributed by atoms with Crippen molar-refractivity contribution in [3.05, 3.63) is 64.4 Å². The van der Waals surface area contributed by atoms with Crippen molar-refractivity contribution in [2.75, 3.05) is 26.0 Å². The molecule has 0 unspecified atom stereocenters. The molecule has 0 saturated heterocycles. The Kier molecular flexibility index (Phi) is 7.06. The summed E-state index contributed by atoms with van der Waals surface area (Å²) in [6, 6.07) is 15.1.